The van der Waals surface area contributed by atoms with E-state index in [4.69, 9.17) is 16.3 Å². The molecular weight excluding hydrogens is 382 g/mol. The molecule has 138 valence electrons. The summed E-state index contributed by atoms with van der Waals surface area (Å²) in [6.45, 7) is 3.46. The van der Waals surface area contributed by atoms with Gasteiger partial charge in [0.25, 0.3) is 5.91 Å². The molecule has 3 aromatic rings. The van der Waals surface area contributed by atoms with Crippen molar-refractivity contribution in [2.45, 2.75) is 20.0 Å². The van der Waals surface area contributed by atoms with Gasteiger partial charge in [-0.2, -0.15) is 0 Å². The molecule has 27 heavy (non-hydrogen) atoms. The minimum Gasteiger partial charge on any atom is -0.449 e. The lowest BCUT2D eigenvalue weighted by Gasteiger charge is -2.12. The summed E-state index contributed by atoms with van der Waals surface area (Å²) < 4.78 is 6.22. The van der Waals surface area contributed by atoms with Crippen LogP contribution in [0.25, 0.3) is 16.2 Å². The number of hydrogen-bond acceptors (Lipinski definition) is 4. The van der Waals surface area contributed by atoms with E-state index in [0.29, 0.717) is 10.7 Å². The van der Waals surface area contributed by atoms with E-state index < -0.39 is 12.1 Å². The highest BCUT2D eigenvalue weighted by molar-refractivity contribution is 7.20. The number of thiophene rings is 1. The highest BCUT2D eigenvalue weighted by atomic mass is 35.5. The van der Waals surface area contributed by atoms with E-state index in [9.17, 15) is 9.59 Å². The van der Waals surface area contributed by atoms with Crippen LogP contribution in [0.15, 0.2) is 54.6 Å². The van der Waals surface area contributed by atoms with Crippen molar-refractivity contribution in [1.29, 1.82) is 0 Å². The fourth-order valence-electron chi connectivity index (χ4n) is 2.52. The number of fused-ring (bicyclic) bond motifs is 1. The number of amides is 1. The molecule has 0 saturated carbocycles. The summed E-state index contributed by atoms with van der Waals surface area (Å²) in [6, 6.07) is 15.2. The predicted octanol–water partition coefficient (Wildman–Crippen LogP) is 5.45. The third kappa shape index (κ3) is 4.76. The van der Waals surface area contributed by atoms with Crippen LogP contribution < -0.4 is 5.32 Å². The monoisotopic (exact) mass is 399 g/mol. The Bertz CT molecular complexity index is 1030. The molecule has 0 aliphatic heterocycles. The van der Waals surface area contributed by atoms with Gasteiger partial charge in [-0.25, -0.2) is 4.79 Å². The average molecular weight is 400 g/mol. The lowest BCUT2D eigenvalue weighted by Crippen LogP contribution is -2.29. The van der Waals surface area contributed by atoms with Crippen molar-refractivity contribution in [3.05, 3.63) is 70.1 Å². The van der Waals surface area contributed by atoms with Crippen molar-refractivity contribution in [3.8, 4) is 0 Å². The van der Waals surface area contributed by atoms with Crippen LogP contribution in [0, 0.1) is 6.92 Å². The van der Waals surface area contributed by atoms with E-state index in [-0.39, 0.29) is 5.91 Å². The van der Waals surface area contributed by atoms with Gasteiger partial charge in [-0.1, -0.05) is 41.9 Å². The second-order valence-corrected chi connectivity index (χ2v) is 7.51. The minimum atomic E-state index is -0.916. The zero-order chi connectivity index (χ0) is 19.4. The summed E-state index contributed by atoms with van der Waals surface area (Å²) >= 11 is 7.83. The van der Waals surface area contributed by atoms with Crippen LogP contribution in [0.5, 0.6) is 0 Å². The molecule has 3 rings (SSSR count). The van der Waals surface area contributed by atoms with Crippen molar-refractivity contribution in [2.24, 2.45) is 0 Å². The number of halogens is 1. The summed E-state index contributed by atoms with van der Waals surface area (Å²) in [6.07, 6.45) is 1.98. The maximum absolute atomic E-state index is 12.2. The minimum absolute atomic E-state index is 0.387. The molecule has 0 aliphatic carbocycles. The third-order valence-electron chi connectivity index (χ3n) is 3.88. The van der Waals surface area contributed by atoms with Gasteiger partial charge in [0.05, 0.1) is 5.02 Å². The van der Waals surface area contributed by atoms with Crippen molar-refractivity contribution >= 4 is 56.7 Å². The van der Waals surface area contributed by atoms with Gasteiger partial charge in [0.1, 0.15) is 0 Å². The second-order valence-electron chi connectivity index (χ2n) is 6.05. The highest BCUT2D eigenvalue weighted by Crippen LogP contribution is 2.35. The molecule has 1 atom stereocenters. The first-order valence-electron chi connectivity index (χ1n) is 8.37. The van der Waals surface area contributed by atoms with Crippen LogP contribution >= 0.6 is 22.9 Å². The largest absolute Gasteiger partial charge is 0.449 e. The zero-order valence-electron chi connectivity index (χ0n) is 14.9. The molecule has 0 unspecified atom stereocenters. The number of nitrogens with one attached hydrogen (secondary N) is 1. The van der Waals surface area contributed by atoms with Crippen LogP contribution in [0.1, 0.15) is 17.4 Å². The fraction of sp³-hybridized carbons (Fsp3) is 0.143. The Morgan fingerprint density at radius 2 is 1.96 bits per heavy atom. The SMILES string of the molecule is Cc1cccc(NC(=O)[C@H](C)OC(=O)/C=C/c2sc3ccccc3c2Cl)c1. The van der Waals surface area contributed by atoms with E-state index in [2.05, 4.69) is 5.32 Å². The Balaban J connectivity index is 1.61. The molecule has 1 N–H and O–H groups in total. The van der Waals surface area contributed by atoms with Gasteiger partial charge < -0.3 is 10.1 Å². The Hall–Kier alpha value is -2.63. The van der Waals surface area contributed by atoms with Gasteiger partial charge in [-0.15, -0.1) is 11.3 Å². The second kappa shape index (κ2) is 8.37. The lowest BCUT2D eigenvalue weighted by molar-refractivity contribution is -0.148. The van der Waals surface area contributed by atoms with Crippen molar-refractivity contribution in [3.63, 3.8) is 0 Å². The van der Waals surface area contributed by atoms with Crippen LogP contribution in [-0.4, -0.2) is 18.0 Å². The first kappa shape index (κ1) is 19.1. The first-order chi connectivity index (χ1) is 12.9. The number of esters is 1. The summed E-state index contributed by atoms with van der Waals surface area (Å²) in [5, 5.41) is 4.28. The topological polar surface area (TPSA) is 55.4 Å². The van der Waals surface area contributed by atoms with Crippen molar-refractivity contribution in [2.75, 3.05) is 5.32 Å². The summed E-state index contributed by atoms with van der Waals surface area (Å²) in [4.78, 5) is 25.0. The lowest BCUT2D eigenvalue weighted by atomic mass is 10.2. The number of benzene rings is 2. The number of aryl methyl sites for hydroxylation is 1. The fourth-order valence-corrected chi connectivity index (χ4v) is 3.92. The van der Waals surface area contributed by atoms with Crippen LogP contribution in [0.2, 0.25) is 5.02 Å². The quantitative estimate of drug-likeness (QED) is 0.458. The number of rotatable bonds is 5. The van der Waals surface area contributed by atoms with Gasteiger partial charge in [-0.05, 0) is 43.7 Å². The maximum Gasteiger partial charge on any atom is 0.331 e. The first-order valence-corrected chi connectivity index (χ1v) is 9.57. The Morgan fingerprint density at radius 3 is 2.70 bits per heavy atom. The average Bonchev–Trinajstić information content (AvgIpc) is 2.96. The third-order valence-corrected chi connectivity index (χ3v) is 5.53. The Labute approximate surface area is 166 Å². The molecule has 0 radical (unpaired) electrons. The molecular formula is C21H18ClNO3S. The molecule has 1 amide bonds. The summed E-state index contributed by atoms with van der Waals surface area (Å²) in [5.41, 5.74) is 1.69. The normalized spacial score (nSPS) is 12.3. The standard InChI is InChI=1S/C21H18ClNO3S/c1-13-6-5-7-15(12-13)23-21(25)14(2)26-19(24)11-10-18-20(22)16-8-3-4-9-17(16)27-18/h3-12,14H,1-2H3,(H,23,25)/b11-10+/t14-/m0/s1. The Kier molecular flexibility index (Phi) is 5.94. The molecule has 0 saturated heterocycles. The molecule has 1 heterocycles. The number of hydrogen-bond donors (Lipinski definition) is 1. The number of anilines is 1. The van der Waals surface area contributed by atoms with Crippen LogP contribution in [0.4, 0.5) is 5.69 Å². The van der Waals surface area contributed by atoms with E-state index >= 15 is 0 Å². The van der Waals surface area contributed by atoms with Gasteiger partial charge in [0.15, 0.2) is 6.10 Å². The van der Waals surface area contributed by atoms with Gasteiger partial charge >= 0.3 is 5.97 Å². The molecule has 6 heteroatoms. The predicted molar refractivity (Wildman–Crippen MR) is 111 cm³/mol. The van der Waals surface area contributed by atoms with E-state index in [0.717, 1.165) is 20.5 Å². The number of carbonyl (C=O) groups excluding carboxylic acids is 2. The number of ether oxygens (including phenoxy) is 1. The molecule has 0 aliphatic rings. The highest BCUT2D eigenvalue weighted by Gasteiger charge is 2.17. The molecule has 0 spiro atoms. The molecule has 2 aromatic carbocycles. The molecule has 0 bridgehead atoms. The van der Waals surface area contributed by atoms with Crippen LogP contribution in [0.3, 0.4) is 0 Å². The maximum atomic E-state index is 12.2. The van der Waals surface area contributed by atoms with Crippen molar-refractivity contribution < 1.29 is 14.3 Å². The van der Waals surface area contributed by atoms with E-state index in [1.54, 1.807) is 12.1 Å². The summed E-state index contributed by atoms with van der Waals surface area (Å²) in [7, 11) is 0. The summed E-state index contributed by atoms with van der Waals surface area (Å²) in [5.74, 6) is -0.988. The van der Waals surface area contributed by atoms with Crippen LogP contribution in [-0.2, 0) is 14.3 Å². The molecule has 1 aromatic heterocycles. The molecule has 0 fully saturated rings. The van der Waals surface area contributed by atoms with Gasteiger partial charge in [0.2, 0.25) is 0 Å². The molecule has 4 nitrogen and oxygen atoms in total. The van der Waals surface area contributed by atoms with Crippen molar-refractivity contribution in [1.82, 2.24) is 0 Å². The van der Waals surface area contributed by atoms with E-state index in [1.165, 1.54) is 24.3 Å². The smallest absolute Gasteiger partial charge is 0.331 e. The Morgan fingerprint density at radius 1 is 1.19 bits per heavy atom. The zero-order valence-corrected chi connectivity index (χ0v) is 16.4. The number of carbonyl (C=O) groups is 2. The van der Waals surface area contributed by atoms with Gasteiger partial charge in [-0.3, -0.25) is 4.79 Å². The van der Waals surface area contributed by atoms with Gasteiger partial charge in [0, 0.05) is 26.7 Å². The van der Waals surface area contributed by atoms with E-state index in [1.807, 2.05) is 49.4 Å².